The van der Waals surface area contributed by atoms with Crippen molar-refractivity contribution >= 4 is 18.3 Å². The number of amides is 1. The molecule has 0 unspecified atom stereocenters. The fraction of sp³-hybridized carbons (Fsp3) is 0.467. The Morgan fingerprint density at radius 3 is 2.73 bits per heavy atom. The molecule has 3 rings (SSSR count). The zero-order chi connectivity index (χ0) is 14.8. The number of likely N-dealkylation sites (tertiary alicyclic amines) is 1. The molecule has 2 aromatic rings. The lowest BCUT2D eigenvalue weighted by atomic mass is 10.1. The summed E-state index contributed by atoms with van der Waals surface area (Å²) in [6, 6.07) is 6.02. The SMILES string of the molecule is CNC1CCN(C(=O)c2cc(-c3ccc(C)o3)[nH]n2)CC1.Cl. The van der Waals surface area contributed by atoms with Crippen LogP contribution in [-0.2, 0) is 0 Å². The van der Waals surface area contributed by atoms with E-state index in [9.17, 15) is 4.79 Å². The standard InChI is InChI=1S/C15H20N4O2.ClH/c1-10-3-4-14(21-10)12-9-13(18-17-12)15(20)19-7-5-11(16-2)6-8-19;/h3-4,9,11,16H,5-8H2,1-2H3,(H,17,18);1H. The zero-order valence-corrected chi connectivity index (χ0v) is 13.6. The van der Waals surface area contributed by atoms with E-state index in [1.165, 1.54) is 0 Å². The average Bonchev–Trinajstić information content (AvgIpc) is 3.15. The van der Waals surface area contributed by atoms with E-state index in [0.717, 1.165) is 37.4 Å². The van der Waals surface area contributed by atoms with Crippen LogP contribution < -0.4 is 5.32 Å². The van der Waals surface area contributed by atoms with Gasteiger partial charge in [-0.2, -0.15) is 5.10 Å². The minimum Gasteiger partial charge on any atom is -0.460 e. The predicted octanol–water partition coefficient (Wildman–Crippen LogP) is 2.22. The Bertz CT molecular complexity index is 629. The summed E-state index contributed by atoms with van der Waals surface area (Å²) in [5.41, 5.74) is 1.18. The van der Waals surface area contributed by atoms with Crippen LogP contribution in [0.1, 0.15) is 29.1 Å². The Labute approximate surface area is 135 Å². The molecular formula is C15H21ClN4O2. The molecule has 1 fully saturated rings. The molecule has 2 aromatic heterocycles. The van der Waals surface area contributed by atoms with Gasteiger partial charge in [-0.3, -0.25) is 9.89 Å². The summed E-state index contributed by atoms with van der Waals surface area (Å²) in [7, 11) is 1.97. The van der Waals surface area contributed by atoms with Crippen molar-refractivity contribution in [3.63, 3.8) is 0 Å². The molecule has 1 aliphatic heterocycles. The zero-order valence-electron chi connectivity index (χ0n) is 12.8. The lowest BCUT2D eigenvalue weighted by Gasteiger charge is -2.31. The molecule has 1 amide bonds. The highest BCUT2D eigenvalue weighted by atomic mass is 35.5. The Morgan fingerprint density at radius 1 is 1.41 bits per heavy atom. The summed E-state index contributed by atoms with van der Waals surface area (Å²) in [6.45, 7) is 3.43. The first kappa shape index (κ1) is 16.6. The van der Waals surface area contributed by atoms with Crippen LogP contribution in [0, 0.1) is 6.92 Å². The Balaban J connectivity index is 0.00000176. The van der Waals surface area contributed by atoms with Gasteiger partial charge in [0.15, 0.2) is 11.5 Å². The molecule has 0 aromatic carbocycles. The van der Waals surface area contributed by atoms with E-state index in [-0.39, 0.29) is 18.3 Å². The molecule has 0 saturated carbocycles. The minimum absolute atomic E-state index is 0. The van der Waals surface area contributed by atoms with E-state index >= 15 is 0 Å². The first-order valence-electron chi connectivity index (χ1n) is 7.26. The fourth-order valence-corrected chi connectivity index (χ4v) is 2.67. The maximum Gasteiger partial charge on any atom is 0.274 e. The maximum atomic E-state index is 12.4. The van der Waals surface area contributed by atoms with Crippen molar-refractivity contribution in [3.05, 3.63) is 29.7 Å². The fourth-order valence-electron chi connectivity index (χ4n) is 2.67. The van der Waals surface area contributed by atoms with Crippen molar-refractivity contribution < 1.29 is 9.21 Å². The predicted molar refractivity (Wildman–Crippen MR) is 86.3 cm³/mol. The van der Waals surface area contributed by atoms with Crippen LogP contribution in [0.3, 0.4) is 0 Å². The number of nitrogens with one attached hydrogen (secondary N) is 2. The van der Waals surface area contributed by atoms with E-state index in [4.69, 9.17) is 4.42 Å². The average molecular weight is 325 g/mol. The molecule has 0 spiro atoms. The third kappa shape index (κ3) is 3.34. The van der Waals surface area contributed by atoms with Gasteiger partial charge in [-0.05, 0) is 38.9 Å². The van der Waals surface area contributed by atoms with E-state index in [1.54, 1.807) is 6.07 Å². The minimum atomic E-state index is -0.0182. The van der Waals surface area contributed by atoms with Crippen molar-refractivity contribution in [1.29, 1.82) is 0 Å². The van der Waals surface area contributed by atoms with Gasteiger partial charge < -0.3 is 14.6 Å². The Hall–Kier alpha value is -1.79. The molecule has 0 atom stereocenters. The molecule has 1 aliphatic rings. The summed E-state index contributed by atoms with van der Waals surface area (Å²) >= 11 is 0. The second-order valence-corrected chi connectivity index (χ2v) is 5.43. The number of aryl methyl sites for hydroxylation is 1. The van der Waals surface area contributed by atoms with Crippen LogP contribution in [0.4, 0.5) is 0 Å². The molecule has 2 N–H and O–H groups in total. The molecular weight excluding hydrogens is 304 g/mol. The third-order valence-electron chi connectivity index (χ3n) is 3.99. The van der Waals surface area contributed by atoms with Gasteiger partial charge in [0.1, 0.15) is 11.5 Å². The van der Waals surface area contributed by atoms with Gasteiger partial charge in [-0.25, -0.2) is 0 Å². The van der Waals surface area contributed by atoms with Crippen LogP contribution in [0.25, 0.3) is 11.5 Å². The summed E-state index contributed by atoms with van der Waals surface area (Å²) in [4.78, 5) is 14.3. The number of carbonyl (C=O) groups is 1. The summed E-state index contributed by atoms with van der Waals surface area (Å²) in [6.07, 6.45) is 1.97. The number of aromatic amines is 1. The van der Waals surface area contributed by atoms with Gasteiger partial charge in [-0.1, -0.05) is 0 Å². The first-order chi connectivity index (χ1) is 10.2. The van der Waals surface area contributed by atoms with E-state index < -0.39 is 0 Å². The Kier molecular flexibility index (Phi) is 5.26. The van der Waals surface area contributed by atoms with Crippen LogP contribution in [0.5, 0.6) is 0 Å². The number of hydrogen-bond donors (Lipinski definition) is 2. The number of carbonyl (C=O) groups excluding carboxylic acids is 1. The number of nitrogens with zero attached hydrogens (tertiary/aromatic N) is 2. The summed E-state index contributed by atoms with van der Waals surface area (Å²) in [5.74, 6) is 1.52. The maximum absolute atomic E-state index is 12.4. The summed E-state index contributed by atoms with van der Waals surface area (Å²) in [5, 5.41) is 10.3. The summed E-state index contributed by atoms with van der Waals surface area (Å²) < 4.78 is 5.53. The van der Waals surface area contributed by atoms with Crippen molar-refractivity contribution in [1.82, 2.24) is 20.4 Å². The van der Waals surface area contributed by atoms with Crippen molar-refractivity contribution in [2.75, 3.05) is 20.1 Å². The van der Waals surface area contributed by atoms with Crippen molar-refractivity contribution in [2.45, 2.75) is 25.8 Å². The second-order valence-electron chi connectivity index (χ2n) is 5.43. The van der Waals surface area contributed by atoms with Crippen molar-refractivity contribution in [2.24, 2.45) is 0 Å². The number of furan rings is 1. The molecule has 0 radical (unpaired) electrons. The van der Waals surface area contributed by atoms with Gasteiger partial charge in [0.05, 0.1) is 0 Å². The lowest BCUT2D eigenvalue weighted by Crippen LogP contribution is -2.44. The number of hydrogen-bond acceptors (Lipinski definition) is 4. The molecule has 0 bridgehead atoms. The van der Waals surface area contributed by atoms with Gasteiger partial charge >= 0.3 is 0 Å². The molecule has 6 nitrogen and oxygen atoms in total. The van der Waals surface area contributed by atoms with Gasteiger partial charge in [0.2, 0.25) is 0 Å². The number of rotatable bonds is 3. The van der Waals surface area contributed by atoms with Crippen LogP contribution in [0.15, 0.2) is 22.6 Å². The highest BCUT2D eigenvalue weighted by Crippen LogP contribution is 2.21. The van der Waals surface area contributed by atoms with E-state index in [1.807, 2.05) is 31.0 Å². The smallest absolute Gasteiger partial charge is 0.274 e. The first-order valence-corrected chi connectivity index (χ1v) is 7.26. The van der Waals surface area contributed by atoms with E-state index in [2.05, 4.69) is 15.5 Å². The molecule has 3 heterocycles. The quantitative estimate of drug-likeness (QED) is 0.908. The molecule has 7 heteroatoms. The lowest BCUT2D eigenvalue weighted by molar-refractivity contribution is 0.0701. The number of H-pyrrole nitrogens is 1. The molecule has 22 heavy (non-hydrogen) atoms. The molecule has 1 saturated heterocycles. The number of piperidine rings is 1. The Morgan fingerprint density at radius 2 is 2.14 bits per heavy atom. The van der Waals surface area contributed by atoms with Crippen LogP contribution in [-0.4, -0.2) is 47.2 Å². The van der Waals surface area contributed by atoms with Crippen molar-refractivity contribution in [3.8, 4) is 11.5 Å². The van der Waals surface area contributed by atoms with E-state index in [0.29, 0.717) is 17.5 Å². The highest BCUT2D eigenvalue weighted by Gasteiger charge is 2.24. The largest absolute Gasteiger partial charge is 0.460 e. The topological polar surface area (TPSA) is 74.2 Å². The highest BCUT2D eigenvalue weighted by molar-refractivity contribution is 5.93. The van der Waals surface area contributed by atoms with Gasteiger partial charge in [0, 0.05) is 25.2 Å². The van der Waals surface area contributed by atoms with Crippen LogP contribution >= 0.6 is 12.4 Å². The number of halogens is 1. The molecule has 120 valence electrons. The number of aromatic nitrogens is 2. The monoisotopic (exact) mass is 324 g/mol. The van der Waals surface area contributed by atoms with Gasteiger partial charge in [-0.15, -0.1) is 12.4 Å². The molecule has 0 aliphatic carbocycles. The van der Waals surface area contributed by atoms with Crippen LogP contribution in [0.2, 0.25) is 0 Å². The van der Waals surface area contributed by atoms with Gasteiger partial charge in [0.25, 0.3) is 5.91 Å². The third-order valence-corrected chi connectivity index (χ3v) is 3.99. The second kappa shape index (κ2) is 6.98. The normalized spacial score (nSPS) is 15.6.